The Hall–Kier alpha value is -2.64. The predicted octanol–water partition coefficient (Wildman–Crippen LogP) is 6.85. The molecule has 0 saturated carbocycles. The first-order valence-corrected chi connectivity index (χ1v) is 9.24. The molecule has 0 spiro atoms. The van der Waals surface area contributed by atoms with Gasteiger partial charge in [-0.3, -0.25) is 0 Å². The molecule has 0 amide bonds. The third-order valence-electron chi connectivity index (χ3n) is 4.23. The second-order valence-corrected chi connectivity index (χ2v) is 7.04. The number of carboxylic acids is 1. The number of carbonyl (C=O) groups is 1. The molecule has 8 heteroatoms. The first-order valence-electron chi connectivity index (χ1n) is 9.24. The first kappa shape index (κ1) is 25.4. The lowest BCUT2D eigenvalue weighted by Crippen LogP contribution is -2.34. The highest BCUT2D eigenvalue weighted by molar-refractivity contribution is 5.81. The predicted molar refractivity (Wildman–Crippen MR) is 106 cm³/mol. The Morgan fingerprint density at radius 3 is 2.23 bits per heavy atom. The van der Waals surface area contributed by atoms with Crippen molar-refractivity contribution in [1.29, 1.82) is 0 Å². The van der Waals surface area contributed by atoms with Gasteiger partial charge in [0.2, 0.25) is 0 Å². The summed E-state index contributed by atoms with van der Waals surface area (Å²) in [7, 11) is 0. The molecular weight excluding hydrogens is 407 g/mol. The number of rotatable bonds is 8. The van der Waals surface area contributed by atoms with Crippen molar-refractivity contribution in [3.8, 4) is 5.75 Å². The van der Waals surface area contributed by atoms with Crippen LogP contribution in [0.2, 0.25) is 0 Å². The third-order valence-corrected chi connectivity index (χ3v) is 4.23. The highest BCUT2D eigenvalue weighted by Gasteiger charge is 2.59. The van der Waals surface area contributed by atoms with Crippen LogP contribution in [0.15, 0.2) is 42.0 Å². The quantitative estimate of drug-likeness (QED) is 0.278. The number of allylic oxidation sites excluding steroid dienone is 5. The Labute approximate surface area is 172 Å². The molecule has 0 bridgehead atoms. The fraction of sp³-hybridized carbons (Fsp3) is 0.409. The molecule has 0 radical (unpaired) electrons. The van der Waals surface area contributed by atoms with Gasteiger partial charge in [0.05, 0.1) is 6.61 Å². The molecule has 3 nitrogen and oxygen atoms in total. The second kappa shape index (κ2) is 9.91. The Balaban J connectivity index is 3.66. The van der Waals surface area contributed by atoms with E-state index in [1.54, 1.807) is 34.6 Å². The zero-order valence-electron chi connectivity index (χ0n) is 17.4. The zero-order chi connectivity index (χ0) is 23.3. The highest BCUT2D eigenvalue weighted by atomic mass is 19.4. The number of hydrogen-bond donors (Lipinski definition) is 1. The minimum absolute atomic E-state index is 0.117. The summed E-state index contributed by atoms with van der Waals surface area (Å²) in [5.74, 6) is -6.26. The maximum atomic E-state index is 14.1. The second-order valence-electron chi connectivity index (χ2n) is 7.04. The first-order chi connectivity index (χ1) is 13.7. The van der Waals surface area contributed by atoms with Gasteiger partial charge in [-0.05, 0) is 55.5 Å². The smallest absolute Gasteiger partial charge is 0.458 e. The molecule has 0 atom stereocenters. The van der Waals surface area contributed by atoms with Crippen molar-refractivity contribution in [3.63, 3.8) is 0 Å². The maximum absolute atomic E-state index is 14.1. The molecule has 1 rings (SSSR count). The minimum atomic E-state index is -5.73. The van der Waals surface area contributed by atoms with E-state index in [4.69, 9.17) is 9.84 Å². The van der Waals surface area contributed by atoms with E-state index in [2.05, 4.69) is 0 Å². The van der Waals surface area contributed by atoms with Crippen LogP contribution in [0.4, 0.5) is 22.0 Å². The van der Waals surface area contributed by atoms with Crippen molar-refractivity contribution in [2.45, 2.75) is 52.6 Å². The molecular formula is C22H25F5O3. The molecule has 0 aromatic heterocycles. The molecule has 1 aromatic carbocycles. The molecule has 0 aliphatic rings. The van der Waals surface area contributed by atoms with Crippen molar-refractivity contribution < 1.29 is 36.6 Å². The molecule has 0 aliphatic carbocycles. The normalized spacial score (nSPS) is 14.0. The maximum Gasteiger partial charge on any atom is 0.458 e. The van der Waals surface area contributed by atoms with Crippen LogP contribution in [-0.2, 0) is 10.7 Å². The van der Waals surface area contributed by atoms with Crippen LogP contribution in [-0.4, -0.2) is 23.9 Å². The number of ether oxygens (including phenoxy) is 1. The summed E-state index contributed by atoms with van der Waals surface area (Å²) in [5.41, 5.74) is 0.0191. The van der Waals surface area contributed by atoms with E-state index < -0.39 is 23.6 Å². The van der Waals surface area contributed by atoms with Gasteiger partial charge in [-0.25, -0.2) is 4.79 Å². The molecule has 0 heterocycles. The van der Waals surface area contributed by atoms with Crippen molar-refractivity contribution in [2.75, 3.05) is 6.61 Å². The molecule has 1 aromatic rings. The van der Waals surface area contributed by atoms with Crippen molar-refractivity contribution in [1.82, 2.24) is 0 Å². The topological polar surface area (TPSA) is 46.5 Å². The van der Waals surface area contributed by atoms with Gasteiger partial charge in [-0.15, -0.1) is 0 Å². The Kier molecular flexibility index (Phi) is 8.39. The van der Waals surface area contributed by atoms with Crippen molar-refractivity contribution in [2.24, 2.45) is 0 Å². The Bertz CT molecular complexity index is 862. The lowest BCUT2D eigenvalue weighted by molar-refractivity contribution is -0.289. The van der Waals surface area contributed by atoms with Gasteiger partial charge < -0.3 is 9.84 Å². The lowest BCUT2D eigenvalue weighted by Gasteiger charge is -2.25. The summed E-state index contributed by atoms with van der Waals surface area (Å²) in [6.07, 6.45) is -0.288. The van der Waals surface area contributed by atoms with Crippen LogP contribution in [0.5, 0.6) is 5.75 Å². The van der Waals surface area contributed by atoms with E-state index in [1.807, 2.05) is 0 Å². The number of carboxylic acid groups (broad SMARTS) is 1. The number of benzene rings is 1. The summed E-state index contributed by atoms with van der Waals surface area (Å²) in [6, 6.07) is 1.64. The summed E-state index contributed by atoms with van der Waals surface area (Å²) < 4.78 is 72.7. The van der Waals surface area contributed by atoms with Gasteiger partial charge in [0.25, 0.3) is 0 Å². The molecule has 30 heavy (non-hydrogen) atoms. The van der Waals surface area contributed by atoms with E-state index in [-0.39, 0.29) is 29.4 Å². The van der Waals surface area contributed by atoms with Gasteiger partial charge in [-0.1, -0.05) is 32.1 Å². The summed E-state index contributed by atoms with van der Waals surface area (Å²) in [4.78, 5) is 10.7. The van der Waals surface area contributed by atoms with Gasteiger partial charge in [0.15, 0.2) is 0 Å². The van der Waals surface area contributed by atoms with Gasteiger partial charge in [-0.2, -0.15) is 22.0 Å². The average molecular weight is 432 g/mol. The number of aliphatic carboxylic acids is 1. The van der Waals surface area contributed by atoms with Crippen LogP contribution in [0.25, 0.3) is 5.57 Å². The SMILES string of the molecule is CCOc1c(C(C)=CC=CC(C)=CC(=O)O)cc(C(F)(F)C(F)(F)F)cc1C(C)C. The number of hydrogen-bond acceptors (Lipinski definition) is 2. The van der Waals surface area contributed by atoms with Crippen molar-refractivity contribution in [3.05, 3.63) is 58.7 Å². The zero-order valence-corrected chi connectivity index (χ0v) is 17.4. The third kappa shape index (κ3) is 6.18. The molecule has 1 N–H and O–H groups in total. The van der Waals surface area contributed by atoms with Gasteiger partial charge >= 0.3 is 18.1 Å². The molecule has 0 fully saturated rings. The Morgan fingerprint density at radius 1 is 1.17 bits per heavy atom. The van der Waals surface area contributed by atoms with Gasteiger partial charge in [0.1, 0.15) is 5.75 Å². The molecule has 0 aliphatic heterocycles. The van der Waals surface area contributed by atoms with E-state index >= 15 is 0 Å². The average Bonchev–Trinajstić information content (AvgIpc) is 2.59. The largest absolute Gasteiger partial charge is 0.493 e. The van der Waals surface area contributed by atoms with E-state index in [0.717, 1.165) is 18.2 Å². The number of halogens is 5. The van der Waals surface area contributed by atoms with Crippen LogP contribution < -0.4 is 4.74 Å². The fourth-order valence-electron chi connectivity index (χ4n) is 2.70. The van der Waals surface area contributed by atoms with E-state index in [9.17, 15) is 26.7 Å². The fourth-order valence-corrected chi connectivity index (χ4v) is 2.70. The molecule has 0 unspecified atom stereocenters. The summed E-state index contributed by atoms with van der Waals surface area (Å²) in [6.45, 7) is 8.35. The standard InChI is InChI=1S/C22H25F5O3/c1-6-30-20-17(13(2)3)11-16(21(23,24)22(25,26)27)12-18(20)15(5)9-7-8-14(4)10-19(28)29/h7-13H,6H2,1-5H3,(H,28,29). The Morgan fingerprint density at radius 2 is 1.77 bits per heavy atom. The van der Waals surface area contributed by atoms with E-state index in [0.29, 0.717) is 11.1 Å². The van der Waals surface area contributed by atoms with Crippen LogP contribution in [0.1, 0.15) is 57.2 Å². The molecule has 166 valence electrons. The minimum Gasteiger partial charge on any atom is -0.493 e. The van der Waals surface area contributed by atoms with Crippen molar-refractivity contribution >= 4 is 11.5 Å². The van der Waals surface area contributed by atoms with E-state index in [1.165, 1.54) is 18.2 Å². The monoisotopic (exact) mass is 432 g/mol. The lowest BCUT2D eigenvalue weighted by atomic mass is 9.91. The van der Waals surface area contributed by atoms with Crippen LogP contribution in [0, 0.1) is 0 Å². The summed E-state index contributed by atoms with van der Waals surface area (Å²) >= 11 is 0. The highest BCUT2D eigenvalue weighted by Crippen LogP contribution is 2.47. The van der Waals surface area contributed by atoms with Crippen LogP contribution in [0.3, 0.4) is 0 Å². The molecule has 0 saturated heterocycles. The number of alkyl halides is 5. The van der Waals surface area contributed by atoms with Crippen LogP contribution >= 0.6 is 0 Å². The van der Waals surface area contributed by atoms with Gasteiger partial charge in [0, 0.05) is 17.2 Å². The summed E-state index contributed by atoms with van der Waals surface area (Å²) in [5, 5.41) is 8.72.